The molecule has 2 N–H and O–H groups in total. The van der Waals surface area contributed by atoms with Crippen LogP contribution < -0.4 is 9.05 Å². The number of nitrogens with one attached hydrogen (secondary N) is 1. The molecule has 0 aliphatic rings. The van der Waals surface area contributed by atoms with Crippen LogP contribution >= 0.6 is 24.7 Å². The first-order chi connectivity index (χ1) is 10.9. The van der Waals surface area contributed by atoms with Gasteiger partial charge in [-0.1, -0.05) is 36.4 Å². The number of aliphatic hydroxyl groups excluding tert-OH is 1. The van der Waals surface area contributed by atoms with Crippen LogP contribution in [0.25, 0.3) is 0 Å². The first-order valence-corrected chi connectivity index (χ1v) is 9.70. The summed E-state index contributed by atoms with van der Waals surface area (Å²) in [6.45, 7) is -0.191. The number of aliphatic hydroxyl groups is 1. The molecule has 0 spiro atoms. The van der Waals surface area contributed by atoms with Crippen molar-refractivity contribution < 1.29 is 14.2 Å². The summed E-state index contributed by atoms with van der Waals surface area (Å²) < 4.78 is 21.0. The van der Waals surface area contributed by atoms with Gasteiger partial charge in [0.2, 0.25) is 8.08 Å². The third kappa shape index (κ3) is 3.73. The van der Waals surface area contributed by atoms with Gasteiger partial charge >= 0.3 is 0 Å². The van der Waals surface area contributed by atoms with Crippen molar-refractivity contribution in [3.63, 3.8) is 0 Å². The second kappa shape index (κ2) is 7.53. The number of para-hydroxylation sites is 2. The van der Waals surface area contributed by atoms with Crippen molar-refractivity contribution in [1.82, 2.24) is 13.1 Å². The molecule has 9 heteroatoms. The molecular weight excluding hydrogens is 339 g/mol. The third-order valence-corrected chi connectivity index (χ3v) is 7.43. The van der Waals surface area contributed by atoms with E-state index in [2.05, 4.69) is 9.02 Å². The number of aromatic amines is 1. The smallest absolute Gasteiger partial charge is 0.270 e. The molecule has 3 aromatic rings. The summed E-state index contributed by atoms with van der Waals surface area (Å²) in [6.07, 6.45) is 0. The number of rotatable bonds is 5. The lowest BCUT2D eigenvalue weighted by atomic mass is 10.3. The van der Waals surface area contributed by atoms with Gasteiger partial charge in [-0.05, 0) is 24.3 Å². The lowest BCUT2D eigenvalue weighted by Gasteiger charge is -2.15. The van der Waals surface area contributed by atoms with E-state index in [0.29, 0.717) is 8.51 Å². The second-order valence-corrected chi connectivity index (χ2v) is 8.55. The number of benzene rings is 2. The maximum absolute atomic E-state index is 9.68. The van der Waals surface area contributed by atoms with Gasteiger partial charge in [0.25, 0.3) is 8.08 Å². The molecule has 0 radical (unpaired) electrons. The zero-order valence-corrected chi connectivity index (χ0v) is 14.2. The van der Waals surface area contributed by atoms with E-state index in [1.54, 1.807) is 4.09 Å². The number of nitrogens with zero attached hydrogens (tertiary/aromatic N) is 2. The monoisotopic (exact) mass is 353 g/mol. The molecule has 1 aromatic heterocycles. The quantitative estimate of drug-likeness (QED) is 0.707. The Morgan fingerprint density at radius 3 is 2.18 bits per heavy atom. The SMILES string of the molecule is OCn1p(Oc2ccccc2)np[nH]p1Oc1ccccc1. The van der Waals surface area contributed by atoms with E-state index in [1.165, 1.54) is 0 Å². The second-order valence-electron chi connectivity index (χ2n) is 4.14. The van der Waals surface area contributed by atoms with Gasteiger partial charge < -0.3 is 14.2 Å². The van der Waals surface area contributed by atoms with Gasteiger partial charge in [-0.25, -0.2) is 4.09 Å². The summed E-state index contributed by atoms with van der Waals surface area (Å²) in [6, 6.07) is 19.0. The summed E-state index contributed by atoms with van der Waals surface area (Å²) in [5.74, 6) is 1.47. The summed E-state index contributed by atoms with van der Waals surface area (Å²) in [4.78, 5) is 0. The Labute approximate surface area is 131 Å². The van der Waals surface area contributed by atoms with E-state index in [9.17, 15) is 5.11 Å². The lowest BCUT2D eigenvalue weighted by molar-refractivity contribution is 0.226. The van der Waals surface area contributed by atoms with E-state index in [0.717, 1.165) is 11.5 Å². The molecule has 2 atom stereocenters. The van der Waals surface area contributed by atoms with Gasteiger partial charge in [-0.2, -0.15) is 0 Å². The Kier molecular flexibility index (Phi) is 5.20. The Morgan fingerprint density at radius 1 is 1.00 bits per heavy atom. The molecule has 0 saturated carbocycles. The van der Waals surface area contributed by atoms with Gasteiger partial charge in [0.1, 0.15) is 26.7 Å². The van der Waals surface area contributed by atoms with Crippen molar-refractivity contribution in [2.45, 2.75) is 6.73 Å². The Bertz CT molecular complexity index is 688. The molecule has 22 heavy (non-hydrogen) atoms. The highest BCUT2D eigenvalue weighted by Crippen LogP contribution is 2.38. The van der Waals surface area contributed by atoms with Gasteiger partial charge in [0, 0.05) is 0 Å². The summed E-state index contributed by atoms with van der Waals surface area (Å²) >= 11 is 0. The summed E-state index contributed by atoms with van der Waals surface area (Å²) in [7, 11) is -1.83. The molecule has 114 valence electrons. The maximum atomic E-state index is 9.68. The fraction of sp³-hybridized carbons (Fsp3) is 0.0769. The highest BCUT2D eigenvalue weighted by Gasteiger charge is 2.10. The van der Waals surface area contributed by atoms with E-state index in [4.69, 9.17) is 9.05 Å². The van der Waals surface area contributed by atoms with E-state index in [-0.39, 0.29) is 6.73 Å². The first kappa shape index (κ1) is 15.2. The summed E-state index contributed by atoms with van der Waals surface area (Å²) in [5.41, 5.74) is 0. The van der Waals surface area contributed by atoms with Crippen LogP contribution in [0.1, 0.15) is 0 Å². The molecule has 0 aliphatic heterocycles. The molecule has 0 bridgehead atoms. The third-order valence-electron chi connectivity index (χ3n) is 2.65. The van der Waals surface area contributed by atoms with Crippen molar-refractivity contribution in [3.8, 4) is 11.5 Å². The minimum Gasteiger partial charge on any atom is -0.417 e. The van der Waals surface area contributed by atoms with Crippen LogP contribution in [-0.2, 0) is 6.73 Å². The molecule has 0 saturated heterocycles. The fourth-order valence-electron chi connectivity index (χ4n) is 1.67. The standard InChI is InChI=1S/C13H14N3O3P3/c17-11-16-21(18-12-7-3-1-4-8-12)14-20-15-22(16)19-13-9-5-2-6-10-13/h1-10,17H,11H2,(H,14,15). The zero-order valence-electron chi connectivity index (χ0n) is 11.5. The Morgan fingerprint density at radius 2 is 1.59 bits per heavy atom. The molecule has 2 aromatic carbocycles. The highest BCUT2D eigenvalue weighted by molar-refractivity contribution is 7.55. The van der Waals surface area contributed by atoms with Crippen LogP contribution in [0, 0.1) is 0 Å². The predicted octanol–water partition coefficient (Wildman–Crippen LogP) is 4.52. The van der Waals surface area contributed by atoms with Crippen molar-refractivity contribution in [2.75, 3.05) is 0 Å². The molecule has 0 aliphatic carbocycles. The van der Waals surface area contributed by atoms with Gasteiger partial charge in [-0.15, -0.1) is 4.51 Å². The van der Waals surface area contributed by atoms with Crippen LogP contribution in [0.2, 0.25) is 0 Å². The van der Waals surface area contributed by atoms with Crippen molar-refractivity contribution in [2.24, 2.45) is 0 Å². The Balaban J connectivity index is 1.90. The topological polar surface area (TPSA) is 72.3 Å². The molecule has 2 unspecified atom stereocenters. The highest BCUT2D eigenvalue weighted by atomic mass is 31.2. The van der Waals surface area contributed by atoms with Crippen molar-refractivity contribution in [3.05, 3.63) is 60.7 Å². The van der Waals surface area contributed by atoms with Gasteiger partial charge in [0.05, 0.1) is 0 Å². The average molecular weight is 353 g/mol. The maximum Gasteiger partial charge on any atom is 0.270 e. The summed E-state index contributed by atoms with van der Waals surface area (Å²) in [5, 5.41) is 9.68. The predicted molar refractivity (Wildman–Crippen MR) is 89.3 cm³/mol. The number of aromatic nitrogens is 3. The van der Waals surface area contributed by atoms with Crippen LogP contribution in [0.15, 0.2) is 60.7 Å². The van der Waals surface area contributed by atoms with E-state index >= 15 is 0 Å². The van der Waals surface area contributed by atoms with E-state index in [1.807, 2.05) is 60.7 Å². The minimum absolute atomic E-state index is 0.191. The van der Waals surface area contributed by atoms with Crippen LogP contribution in [0.5, 0.6) is 11.5 Å². The van der Waals surface area contributed by atoms with Crippen LogP contribution in [-0.4, -0.2) is 18.2 Å². The molecule has 1 heterocycles. The Hall–Kier alpha value is -1.70. The molecule has 3 rings (SSSR count). The molecule has 0 fully saturated rings. The van der Waals surface area contributed by atoms with Crippen molar-refractivity contribution >= 4 is 24.7 Å². The number of hydrogen-bond donors (Lipinski definition) is 2. The zero-order chi connectivity index (χ0) is 15.2. The fourth-order valence-corrected chi connectivity index (χ4v) is 6.39. The lowest BCUT2D eigenvalue weighted by Crippen LogP contribution is -2.01. The van der Waals surface area contributed by atoms with Crippen molar-refractivity contribution in [1.29, 1.82) is 0 Å². The van der Waals surface area contributed by atoms with Gasteiger partial charge in [0.15, 0.2) is 0 Å². The molecule has 0 amide bonds. The largest absolute Gasteiger partial charge is 0.417 e. The van der Waals surface area contributed by atoms with Gasteiger partial charge in [-0.3, -0.25) is 4.51 Å². The molecule has 6 nitrogen and oxygen atoms in total. The molecular formula is C13H14N3O3P3. The normalized spacial score (nSPS) is 12.2. The first-order valence-electron chi connectivity index (χ1n) is 6.47. The number of hydrogen-bond acceptors (Lipinski definition) is 4. The average Bonchev–Trinajstić information content (AvgIpc) is 2.57. The van der Waals surface area contributed by atoms with Crippen LogP contribution in [0.3, 0.4) is 0 Å². The van der Waals surface area contributed by atoms with E-state index < -0.39 is 16.2 Å². The van der Waals surface area contributed by atoms with Crippen LogP contribution in [0.4, 0.5) is 0 Å². The minimum atomic E-state index is -1.31. The number of H-pyrrole nitrogens is 1.